The summed E-state index contributed by atoms with van der Waals surface area (Å²) in [6, 6.07) is 3.32. The Bertz CT molecular complexity index is 424. The highest BCUT2D eigenvalue weighted by atomic mass is 16.6. The molecule has 1 aromatic rings. The molecule has 2 aliphatic rings. The van der Waals surface area contributed by atoms with Gasteiger partial charge in [-0.1, -0.05) is 0 Å². The average Bonchev–Trinajstić information content (AvgIpc) is 2.83. The van der Waals surface area contributed by atoms with Gasteiger partial charge in [-0.05, 0) is 25.0 Å². The van der Waals surface area contributed by atoms with Crippen LogP contribution in [0.25, 0.3) is 0 Å². The third-order valence-corrected chi connectivity index (χ3v) is 2.82. The predicted octanol–water partition coefficient (Wildman–Crippen LogP) is 0.909. The SMILES string of the molecule is Nc1ccc2c(n1)CC1(CC1)OC2=O. The first kappa shape index (κ1) is 7.79. The number of carbonyl (C=O) groups is 1. The molecule has 14 heavy (non-hydrogen) atoms. The Kier molecular flexibility index (Phi) is 1.26. The standard InChI is InChI=1S/C10H10N2O2/c11-8-2-1-6-7(12-8)5-10(3-4-10)14-9(6)13/h1-2H,3-5H2,(H2,11,12). The first-order chi connectivity index (χ1) is 6.69. The summed E-state index contributed by atoms with van der Waals surface area (Å²) < 4.78 is 5.33. The smallest absolute Gasteiger partial charge is 0.340 e. The first-order valence-corrected chi connectivity index (χ1v) is 4.67. The van der Waals surface area contributed by atoms with Gasteiger partial charge in [0.2, 0.25) is 0 Å². The number of aromatic nitrogens is 1. The van der Waals surface area contributed by atoms with E-state index in [2.05, 4.69) is 4.98 Å². The number of carbonyl (C=O) groups excluding carboxylic acids is 1. The minimum Gasteiger partial charge on any atom is -0.455 e. The molecule has 1 aliphatic carbocycles. The van der Waals surface area contributed by atoms with E-state index in [0.29, 0.717) is 11.4 Å². The molecular weight excluding hydrogens is 180 g/mol. The molecule has 0 radical (unpaired) electrons. The molecule has 0 bridgehead atoms. The van der Waals surface area contributed by atoms with E-state index in [9.17, 15) is 4.79 Å². The van der Waals surface area contributed by atoms with Gasteiger partial charge in [0.15, 0.2) is 0 Å². The van der Waals surface area contributed by atoms with Crippen LogP contribution in [0.5, 0.6) is 0 Å². The van der Waals surface area contributed by atoms with Crippen LogP contribution < -0.4 is 5.73 Å². The lowest BCUT2D eigenvalue weighted by molar-refractivity contribution is 0.0174. The second-order valence-electron chi connectivity index (χ2n) is 3.98. The molecule has 1 saturated carbocycles. The molecule has 0 amide bonds. The zero-order valence-electron chi connectivity index (χ0n) is 7.62. The Morgan fingerprint density at radius 2 is 2.21 bits per heavy atom. The minimum absolute atomic E-state index is 0.231. The number of hydrogen-bond acceptors (Lipinski definition) is 4. The van der Waals surface area contributed by atoms with Crippen LogP contribution in [0.2, 0.25) is 0 Å². The van der Waals surface area contributed by atoms with Crippen molar-refractivity contribution >= 4 is 11.8 Å². The summed E-state index contributed by atoms with van der Waals surface area (Å²) >= 11 is 0. The summed E-state index contributed by atoms with van der Waals surface area (Å²) in [5, 5.41) is 0. The van der Waals surface area contributed by atoms with Gasteiger partial charge in [-0.15, -0.1) is 0 Å². The lowest BCUT2D eigenvalue weighted by Gasteiger charge is -2.23. The zero-order valence-corrected chi connectivity index (χ0v) is 7.62. The van der Waals surface area contributed by atoms with Crippen molar-refractivity contribution in [3.8, 4) is 0 Å². The summed E-state index contributed by atoms with van der Waals surface area (Å²) in [7, 11) is 0. The number of rotatable bonds is 0. The third-order valence-electron chi connectivity index (χ3n) is 2.82. The molecule has 1 aliphatic heterocycles. The van der Waals surface area contributed by atoms with Crippen molar-refractivity contribution < 1.29 is 9.53 Å². The number of anilines is 1. The van der Waals surface area contributed by atoms with Crippen LogP contribution in [0.15, 0.2) is 12.1 Å². The molecule has 1 spiro atoms. The maximum atomic E-state index is 11.5. The highest BCUT2D eigenvalue weighted by molar-refractivity contribution is 5.92. The molecule has 0 aromatic carbocycles. The number of pyridine rings is 1. The van der Waals surface area contributed by atoms with E-state index in [1.165, 1.54) is 0 Å². The molecule has 2 heterocycles. The van der Waals surface area contributed by atoms with Gasteiger partial charge in [0, 0.05) is 6.42 Å². The fourth-order valence-electron chi connectivity index (χ4n) is 1.85. The van der Waals surface area contributed by atoms with Crippen molar-refractivity contribution in [3.63, 3.8) is 0 Å². The van der Waals surface area contributed by atoms with Gasteiger partial charge in [0.05, 0.1) is 11.3 Å². The van der Waals surface area contributed by atoms with Crippen molar-refractivity contribution in [2.24, 2.45) is 0 Å². The van der Waals surface area contributed by atoms with E-state index >= 15 is 0 Å². The molecule has 0 atom stereocenters. The summed E-state index contributed by atoms with van der Waals surface area (Å²) in [5.41, 5.74) is 6.70. The van der Waals surface area contributed by atoms with Crippen LogP contribution in [0.4, 0.5) is 5.82 Å². The molecule has 3 rings (SSSR count). The molecule has 4 nitrogen and oxygen atoms in total. The number of nitrogens with two attached hydrogens (primary N) is 1. The number of hydrogen-bond donors (Lipinski definition) is 1. The van der Waals surface area contributed by atoms with Crippen molar-refractivity contribution in [1.29, 1.82) is 0 Å². The third kappa shape index (κ3) is 0.999. The molecule has 72 valence electrons. The maximum Gasteiger partial charge on any atom is 0.340 e. The number of esters is 1. The van der Waals surface area contributed by atoms with Gasteiger partial charge >= 0.3 is 5.97 Å². The van der Waals surface area contributed by atoms with Crippen LogP contribution in [0, 0.1) is 0 Å². The van der Waals surface area contributed by atoms with Crippen LogP contribution in [-0.2, 0) is 11.2 Å². The highest BCUT2D eigenvalue weighted by Crippen LogP contribution is 2.45. The fourth-order valence-corrected chi connectivity index (χ4v) is 1.85. The molecule has 1 aromatic heterocycles. The number of nitrogens with zero attached hydrogens (tertiary/aromatic N) is 1. The molecule has 0 saturated heterocycles. The number of fused-ring (bicyclic) bond motifs is 1. The molecular formula is C10H10N2O2. The van der Waals surface area contributed by atoms with E-state index in [4.69, 9.17) is 10.5 Å². The average molecular weight is 190 g/mol. The summed E-state index contributed by atoms with van der Waals surface area (Å²) in [6.07, 6.45) is 2.63. The monoisotopic (exact) mass is 190 g/mol. The Morgan fingerprint density at radius 3 is 2.93 bits per heavy atom. The van der Waals surface area contributed by atoms with Crippen molar-refractivity contribution in [3.05, 3.63) is 23.4 Å². The number of nitrogen functional groups attached to an aromatic ring is 1. The Hall–Kier alpha value is -1.58. The van der Waals surface area contributed by atoms with Gasteiger partial charge in [0.1, 0.15) is 11.4 Å². The minimum atomic E-state index is -0.253. The molecule has 2 N–H and O–H groups in total. The Morgan fingerprint density at radius 1 is 1.43 bits per heavy atom. The fraction of sp³-hybridized carbons (Fsp3) is 0.400. The zero-order chi connectivity index (χ0) is 9.76. The summed E-state index contributed by atoms with van der Waals surface area (Å²) in [5.74, 6) is 0.213. The van der Waals surface area contributed by atoms with Gasteiger partial charge in [-0.3, -0.25) is 0 Å². The topological polar surface area (TPSA) is 65.2 Å². The molecule has 1 fully saturated rings. The van der Waals surface area contributed by atoms with Gasteiger partial charge < -0.3 is 10.5 Å². The second kappa shape index (κ2) is 2.26. The quantitative estimate of drug-likeness (QED) is 0.617. The first-order valence-electron chi connectivity index (χ1n) is 4.67. The Balaban J connectivity index is 2.11. The van der Waals surface area contributed by atoms with Crippen molar-refractivity contribution in [2.45, 2.75) is 24.9 Å². The highest BCUT2D eigenvalue weighted by Gasteiger charge is 2.50. The lowest BCUT2D eigenvalue weighted by Crippen LogP contribution is -2.30. The van der Waals surface area contributed by atoms with Gasteiger partial charge in [-0.25, -0.2) is 9.78 Å². The van der Waals surface area contributed by atoms with E-state index in [0.717, 1.165) is 25.0 Å². The largest absolute Gasteiger partial charge is 0.455 e. The van der Waals surface area contributed by atoms with E-state index in [1.54, 1.807) is 12.1 Å². The summed E-state index contributed by atoms with van der Waals surface area (Å²) in [4.78, 5) is 15.7. The van der Waals surface area contributed by atoms with Crippen LogP contribution >= 0.6 is 0 Å². The second-order valence-corrected chi connectivity index (χ2v) is 3.98. The summed E-state index contributed by atoms with van der Waals surface area (Å²) in [6.45, 7) is 0. The molecule has 0 unspecified atom stereocenters. The van der Waals surface area contributed by atoms with Crippen LogP contribution in [-0.4, -0.2) is 16.6 Å². The normalized spacial score (nSPS) is 21.6. The Labute approximate surface area is 81.1 Å². The maximum absolute atomic E-state index is 11.5. The van der Waals surface area contributed by atoms with Gasteiger partial charge in [-0.2, -0.15) is 0 Å². The lowest BCUT2D eigenvalue weighted by atomic mass is 10.0. The number of ether oxygens (including phenoxy) is 1. The van der Waals surface area contributed by atoms with Gasteiger partial charge in [0.25, 0.3) is 0 Å². The van der Waals surface area contributed by atoms with Crippen molar-refractivity contribution in [2.75, 3.05) is 5.73 Å². The predicted molar refractivity (Wildman–Crippen MR) is 49.7 cm³/mol. The van der Waals surface area contributed by atoms with Crippen LogP contribution in [0.3, 0.4) is 0 Å². The van der Waals surface area contributed by atoms with E-state index in [1.807, 2.05) is 0 Å². The van der Waals surface area contributed by atoms with Crippen LogP contribution in [0.1, 0.15) is 28.9 Å². The van der Waals surface area contributed by atoms with E-state index in [-0.39, 0.29) is 11.6 Å². The van der Waals surface area contributed by atoms with Crippen molar-refractivity contribution in [1.82, 2.24) is 4.98 Å². The van der Waals surface area contributed by atoms with E-state index < -0.39 is 0 Å². The molecule has 4 heteroatoms.